The van der Waals surface area contributed by atoms with Crippen LogP contribution in [0.3, 0.4) is 0 Å². The van der Waals surface area contributed by atoms with Gasteiger partial charge in [-0.25, -0.2) is 0 Å². The molecule has 2 heteroatoms. The van der Waals surface area contributed by atoms with Gasteiger partial charge < -0.3 is 5.11 Å². The van der Waals surface area contributed by atoms with Crippen LogP contribution in [0.15, 0.2) is 0 Å². The Labute approximate surface area is 36.8 Å². The van der Waals surface area contributed by atoms with Crippen molar-refractivity contribution in [3.05, 3.63) is 6.61 Å². The van der Waals surface area contributed by atoms with Crippen LogP contribution in [0.4, 0.5) is 0 Å². The van der Waals surface area contributed by atoms with Crippen molar-refractivity contribution < 1.29 is 9.90 Å². The molecule has 0 bridgehead atoms. The molecule has 0 aliphatic carbocycles. The highest BCUT2D eigenvalue weighted by Gasteiger charge is 1.89. The van der Waals surface area contributed by atoms with Crippen LogP contribution in [0, 0.1) is 6.61 Å². The maximum atomic E-state index is 9.88. The molecule has 0 fully saturated rings. The number of hydrogen-bond acceptors (Lipinski definition) is 2. The largest absolute Gasteiger partial charge is 0.382 e. The van der Waals surface area contributed by atoms with Crippen LogP contribution in [-0.2, 0) is 4.79 Å². The van der Waals surface area contributed by atoms with E-state index in [0.29, 0.717) is 13.0 Å². The maximum Gasteiger partial charge on any atom is 0.164 e. The van der Waals surface area contributed by atoms with Gasteiger partial charge in [-0.05, 0) is 0 Å². The standard InChI is InChI=1S/C4H7O2/c1-2-4(6)3-5/h3,5H,2H2,1H3. The lowest BCUT2D eigenvalue weighted by Crippen LogP contribution is -1.92. The quantitative estimate of drug-likeness (QED) is 0.532. The number of rotatable bonds is 2. The Morgan fingerprint density at radius 2 is 2.50 bits per heavy atom. The Morgan fingerprint density at radius 3 is 2.50 bits per heavy atom. The van der Waals surface area contributed by atoms with E-state index < -0.39 is 0 Å². The lowest BCUT2D eigenvalue weighted by molar-refractivity contribution is -0.118. The predicted octanol–water partition coefficient (Wildman–Crippen LogP) is 0.500. The lowest BCUT2D eigenvalue weighted by atomic mass is 10.3. The molecule has 0 atom stereocenters. The van der Waals surface area contributed by atoms with Crippen LogP contribution in [0.25, 0.3) is 0 Å². The average Bonchev–Trinajstić information content (AvgIpc) is 1.65. The van der Waals surface area contributed by atoms with Crippen LogP contribution in [0.2, 0.25) is 0 Å². The zero-order valence-corrected chi connectivity index (χ0v) is 3.64. The molecule has 0 aliphatic heterocycles. The summed E-state index contributed by atoms with van der Waals surface area (Å²) in [5.74, 6) is -0.227. The first-order chi connectivity index (χ1) is 2.81. The van der Waals surface area contributed by atoms with Gasteiger partial charge in [-0.2, -0.15) is 0 Å². The normalized spacial score (nSPS) is 8.33. The molecule has 0 aliphatic rings. The molecule has 0 aromatic heterocycles. The fraction of sp³-hybridized carbons (Fsp3) is 0.500. The molecule has 0 heterocycles. The van der Waals surface area contributed by atoms with Crippen LogP contribution < -0.4 is 0 Å². The number of carbonyl (C=O) groups excluding carboxylic acids is 1. The number of aliphatic hydroxyl groups excluding tert-OH is 1. The lowest BCUT2D eigenvalue weighted by Gasteiger charge is -1.79. The number of ketones is 1. The Kier molecular flexibility index (Phi) is 2.67. The van der Waals surface area contributed by atoms with Crippen molar-refractivity contribution in [1.82, 2.24) is 0 Å². The molecular weight excluding hydrogens is 80.0 g/mol. The van der Waals surface area contributed by atoms with Gasteiger partial charge in [0.25, 0.3) is 0 Å². The third-order valence-electron chi connectivity index (χ3n) is 0.492. The van der Waals surface area contributed by atoms with E-state index in [-0.39, 0.29) is 5.78 Å². The predicted molar refractivity (Wildman–Crippen MR) is 21.5 cm³/mol. The monoisotopic (exact) mass is 87.0 g/mol. The molecule has 0 spiro atoms. The summed E-state index contributed by atoms with van der Waals surface area (Å²) in [6, 6.07) is 0. The van der Waals surface area contributed by atoms with Gasteiger partial charge in [-0.15, -0.1) is 0 Å². The smallest absolute Gasteiger partial charge is 0.164 e. The highest BCUT2D eigenvalue weighted by Crippen LogP contribution is 1.78. The first-order valence-corrected chi connectivity index (χ1v) is 1.81. The molecule has 0 aromatic rings. The Hall–Kier alpha value is -0.370. The highest BCUT2D eigenvalue weighted by molar-refractivity contribution is 5.84. The molecule has 6 heavy (non-hydrogen) atoms. The summed E-state index contributed by atoms with van der Waals surface area (Å²) in [6.45, 7) is 2.27. The number of carbonyl (C=O) groups is 1. The van der Waals surface area contributed by atoms with E-state index in [1.807, 2.05) is 0 Å². The van der Waals surface area contributed by atoms with Crippen LogP contribution in [0.5, 0.6) is 0 Å². The van der Waals surface area contributed by atoms with Gasteiger partial charge in [-0.1, -0.05) is 6.92 Å². The summed E-state index contributed by atoms with van der Waals surface area (Å²) in [5, 5.41) is 7.86. The maximum absolute atomic E-state index is 9.88. The summed E-state index contributed by atoms with van der Waals surface area (Å²) in [7, 11) is 0. The van der Waals surface area contributed by atoms with Gasteiger partial charge in [-0.3, -0.25) is 4.79 Å². The van der Waals surface area contributed by atoms with Crippen molar-refractivity contribution in [3.63, 3.8) is 0 Å². The molecule has 0 aromatic carbocycles. The van der Waals surface area contributed by atoms with E-state index >= 15 is 0 Å². The molecule has 35 valence electrons. The van der Waals surface area contributed by atoms with Crippen molar-refractivity contribution in [2.75, 3.05) is 0 Å². The minimum atomic E-state index is -0.227. The van der Waals surface area contributed by atoms with Crippen molar-refractivity contribution in [1.29, 1.82) is 0 Å². The molecule has 2 nitrogen and oxygen atoms in total. The van der Waals surface area contributed by atoms with Crippen molar-refractivity contribution in [2.24, 2.45) is 0 Å². The van der Waals surface area contributed by atoms with Crippen LogP contribution in [0.1, 0.15) is 13.3 Å². The van der Waals surface area contributed by atoms with Gasteiger partial charge in [0.05, 0.1) is 0 Å². The number of aliphatic hydroxyl groups is 1. The fourth-order valence-corrected chi connectivity index (χ4v) is 0.0913. The van der Waals surface area contributed by atoms with Gasteiger partial charge >= 0.3 is 0 Å². The Morgan fingerprint density at radius 1 is 2.00 bits per heavy atom. The average molecular weight is 87.1 g/mol. The van der Waals surface area contributed by atoms with Gasteiger partial charge in [0.2, 0.25) is 0 Å². The van der Waals surface area contributed by atoms with Gasteiger partial charge in [0.1, 0.15) is 6.61 Å². The SMILES string of the molecule is CCC(=O)[CH]O. The number of hydrogen-bond donors (Lipinski definition) is 1. The molecule has 1 radical (unpaired) electrons. The molecule has 0 amide bonds. The topological polar surface area (TPSA) is 37.3 Å². The van der Waals surface area contributed by atoms with E-state index in [0.717, 1.165) is 0 Å². The van der Waals surface area contributed by atoms with Crippen LogP contribution in [-0.4, -0.2) is 10.9 Å². The summed E-state index contributed by atoms with van der Waals surface area (Å²) in [5.41, 5.74) is 0. The summed E-state index contributed by atoms with van der Waals surface area (Å²) in [4.78, 5) is 9.88. The van der Waals surface area contributed by atoms with Crippen molar-refractivity contribution >= 4 is 5.78 Å². The Bertz CT molecular complexity index is 43.5. The molecular formula is C4H7O2. The molecule has 1 N–H and O–H groups in total. The zero-order valence-electron chi connectivity index (χ0n) is 3.64. The van der Waals surface area contributed by atoms with E-state index in [2.05, 4.69) is 0 Å². The molecule has 0 unspecified atom stereocenters. The first kappa shape index (κ1) is 5.63. The molecule has 0 rings (SSSR count). The first-order valence-electron chi connectivity index (χ1n) is 1.81. The summed E-state index contributed by atoms with van der Waals surface area (Å²) in [6.07, 6.45) is 0.385. The van der Waals surface area contributed by atoms with E-state index in [1.54, 1.807) is 6.92 Å². The third kappa shape index (κ3) is 1.91. The second-order valence-electron chi connectivity index (χ2n) is 0.949. The summed E-state index contributed by atoms with van der Waals surface area (Å²) >= 11 is 0. The number of Topliss-reactive ketones (excluding diaryl/α,β-unsaturated/α-hetero) is 1. The van der Waals surface area contributed by atoms with E-state index in [9.17, 15) is 4.79 Å². The minimum absolute atomic E-state index is 0.227. The second kappa shape index (κ2) is 2.85. The van der Waals surface area contributed by atoms with Crippen LogP contribution >= 0.6 is 0 Å². The summed E-state index contributed by atoms with van der Waals surface area (Å²) < 4.78 is 0. The molecule has 0 saturated carbocycles. The minimum Gasteiger partial charge on any atom is -0.382 e. The van der Waals surface area contributed by atoms with E-state index in [1.165, 1.54) is 0 Å². The van der Waals surface area contributed by atoms with Gasteiger partial charge in [0.15, 0.2) is 5.78 Å². The van der Waals surface area contributed by atoms with Crippen molar-refractivity contribution in [2.45, 2.75) is 13.3 Å². The van der Waals surface area contributed by atoms with Crippen molar-refractivity contribution in [3.8, 4) is 0 Å². The van der Waals surface area contributed by atoms with E-state index in [4.69, 9.17) is 5.11 Å². The van der Waals surface area contributed by atoms with Gasteiger partial charge in [0, 0.05) is 6.42 Å². The Balaban J connectivity index is 2.99. The molecule has 0 saturated heterocycles. The third-order valence-corrected chi connectivity index (χ3v) is 0.492. The zero-order chi connectivity index (χ0) is 4.99. The fourth-order valence-electron chi connectivity index (χ4n) is 0.0913. The second-order valence-corrected chi connectivity index (χ2v) is 0.949. The highest BCUT2D eigenvalue weighted by atomic mass is 16.3.